The van der Waals surface area contributed by atoms with Crippen molar-refractivity contribution in [3.8, 4) is 0 Å². The molecule has 0 aromatic heterocycles. The fourth-order valence-electron chi connectivity index (χ4n) is 1.37. The van der Waals surface area contributed by atoms with Gasteiger partial charge in [0.15, 0.2) is 0 Å². The average molecular weight is 248 g/mol. The van der Waals surface area contributed by atoms with Gasteiger partial charge in [-0.2, -0.15) is 0 Å². The Kier molecular flexibility index (Phi) is 4.48. The first-order valence-corrected chi connectivity index (χ1v) is 5.94. The predicted molar refractivity (Wildman–Crippen MR) is 71.1 cm³/mol. The second-order valence-corrected chi connectivity index (χ2v) is 5.21. The number of amides is 2. The van der Waals surface area contributed by atoms with Crippen molar-refractivity contribution in [1.82, 2.24) is 10.6 Å². The van der Waals surface area contributed by atoms with Crippen molar-refractivity contribution in [2.24, 2.45) is 5.41 Å². The van der Waals surface area contributed by atoms with E-state index in [4.69, 9.17) is 0 Å². The highest BCUT2D eigenvalue weighted by Gasteiger charge is 2.20. The average Bonchev–Trinajstić information content (AvgIpc) is 2.34. The molecule has 0 aliphatic carbocycles. The molecule has 0 spiro atoms. The van der Waals surface area contributed by atoms with E-state index in [2.05, 4.69) is 10.6 Å². The molecule has 0 aliphatic rings. The van der Waals surface area contributed by atoms with Gasteiger partial charge in [-0.25, -0.2) is 0 Å². The molecule has 2 N–H and O–H groups in total. The van der Waals surface area contributed by atoms with Crippen LogP contribution in [0.1, 0.15) is 36.7 Å². The van der Waals surface area contributed by atoms with Crippen LogP contribution < -0.4 is 10.6 Å². The molecule has 4 heteroatoms. The van der Waals surface area contributed by atoms with Crippen molar-refractivity contribution in [2.75, 3.05) is 7.05 Å². The summed E-state index contributed by atoms with van der Waals surface area (Å²) in [5, 5.41) is 5.42. The molecule has 0 saturated heterocycles. The van der Waals surface area contributed by atoms with E-state index in [1.807, 2.05) is 32.9 Å². The van der Waals surface area contributed by atoms with Gasteiger partial charge in [-0.3, -0.25) is 9.59 Å². The van der Waals surface area contributed by atoms with Crippen molar-refractivity contribution < 1.29 is 9.59 Å². The Morgan fingerprint density at radius 2 is 1.67 bits per heavy atom. The smallest absolute Gasteiger partial charge is 0.251 e. The summed E-state index contributed by atoms with van der Waals surface area (Å²) < 4.78 is 0. The van der Waals surface area contributed by atoms with Crippen LogP contribution in [0.3, 0.4) is 0 Å². The van der Waals surface area contributed by atoms with Crippen LogP contribution in [-0.2, 0) is 11.3 Å². The third-order valence-electron chi connectivity index (χ3n) is 2.58. The van der Waals surface area contributed by atoms with E-state index in [0.717, 1.165) is 5.56 Å². The lowest BCUT2D eigenvalue weighted by molar-refractivity contribution is -0.128. The van der Waals surface area contributed by atoms with E-state index < -0.39 is 0 Å². The maximum Gasteiger partial charge on any atom is 0.251 e. The molecule has 0 saturated carbocycles. The fourth-order valence-corrected chi connectivity index (χ4v) is 1.37. The van der Waals surface area contributed by atoms with Crippen LogP contribution in [0.2, 0.25) is 0 Å². The molecule has 0 unspecified atom stereocenters. The summed E-state index contributed by atoms with van der Waals surface area (Å²) in [5.74, 6) is -0.0989. The van der Waals surface area contributed by atoms with E-state index in [-0.39, 0.29) is 17.2 Å². The van der Waals surface area contributed by atoms with Gasteiger partial charge in [0, 0.05) is 24.6 Å². The van der Waals surface area contributed by atoms with E-state index in [0.29, 0.717) is 12.1 Å². The molecule has 1 aromatic rings. The molecule has 1 aromatic carbocycles. The van der Waals surface area contributed by atoms with Gasteiger partial charge in [0.25, 0.3) is 5.91 Å². The predicted octanol–water partition coefficient (Wildman–Crippen LogP) is 1.71. The molecule has 0 fully saturated rings. The molecule has 98 valence electrons. The second kappa shape index (κ2) is 5.67. The highest BCUT2D eigenvalue weighted by atomic mass is 16.2. The van der Waals surface area contributed by atoms with Crippen molar-refractivity contribution in [3.63, 3.8) is 0 Å². The number of rotatable bonds is 3. The first kappa shape index (κ1) is 14.2. The minimum absolute atomic E-state index is 0.0119. The molecule has 18 heavy (non-hydrogen) atoms. The molecule has 0 bridgehead atoms. The van der Waals surface area contributed by atoms with Crippen molar-refractivity contribution in [2.45, 2.75) is 27.3 Å². The Morgan fingerprint density at radius 3 is 2.11 bits per heavy atom. The van der Waals surface area contributed by atoms with Gasteiger partial charge in [-0.15, -0.1) is 0 Å². The first-order chi connectivity index (χ1) is 8.34. The zero-order valence-electron chi connectivity index (χ0n) is 11.3. The maximum absolute atomic E-state index is 11.7. The van der Waals surface area contributed by atoms with Gasteiger partial charge in [0.05, 0.1) is 0 Å². The van der Waals surface area contributed by atoms with Crippen LogP contribution in [0.4, 0.5) is 0 Å². The summed E-state index contributed by atoms with van der Waals surface area (Å²) in [6.07, 6.45) is 0. The Bertz CT molecular complexity index is 430. The minimum Gasteiger partial charge on any atom is -0.355 e. The molecule has 0 atom stereocenters. The van der Waals surface area contributed by atoms with E-state index in [1.165, 1.54) is 0 Å². The third kappa shape index (κ3) is 3.87. The second-order valence-electron chi connectivity index (χ2n) is 5.21. The highest BCUT2D eigenvalue weighted by molar-refractivity contribution is 5.93. The molecule has 1 rings (SSSR count). The zero-order valence-corrected chi connectivity index (χ0v) is 11.3. The Morgan fingerprint density at radius 1 is 1.11 bits per heavy atom. The van der Waals surface area contributed by atoms with E-state index in [1.54, 1.807) is 19.2 Å². The molecule has 0 aliphatic heterocycles. The number of carbonyl (C=O) groups excluding carboxylic acids is 2. The summed E-state index contributed by atoms with van der Waals surface area (Å²) in [7, 11) is 1.60. The summed E-state index contributed by atoms with van der Waals surface area (Å²) >= 11 is 0. The summed E-state index contributed by atoms with van der Waals surface area (Å²) in [6.45, 7) is 6.09. The molecular formula is C14H20N2O2. The quantitative estimate of drug-likeness (QED) is 0.855. The van der Waals surface area contributed by atoms with E-state index >= 15 is 0 Å². The Labute approximate surface area is 108 Å². The zero-order chi connectivity index (χ0) is 13.8. The standard InChI is InChI=1S/C14H20N2O2/c1-14(2,3)13(18)16-9-10-5-7-11(8-6-10)12(17)15-4/h5-8H,9H2,1-4H3,(H,15,17)(H,16,18). The third-order valence-corrected chi connectivity index (χ3v) is 2.58. The van der Waals surface area contributed by atoms with Crippen LogP contribution in [-0.4, -0.2) is 18.9 Å². The highest BCUT2D eigenvalue weighted by Crippen LogP contribution is 2.13. The van der Waals surface area contributed by atoms with Gasteiger partial charge in [0.2, 0.25) is 5.91 Å². The van der Waals surface area contributed by atoms with Crippen LogP contribution in [0, 0.1) is 5.41 Å². The SMILES string of the molecule is CNC(=O)c1ccc(CNC(=O)C(C)(C)C)cc1. The monoisotopic (exact) mass is 248 g/mol. The largest absolute Gasteiger partial charge is 0.355 e. The number of hydrogen-bond donors (Lipinski definition) is 2. The summed E-state index contributed by atoms with van der Waals surface area (Å²) in [6, 6.07) is 7.18. The Hall–Kier alpha value is -1.84. The number of benzene rings is 1. The van der Waals surface area contributed by atoms with Gasteiger partial charge < -0.3 is 10.6 Å². The molecule has 4 nitrogen and oxygen atoms in total. The van der Waals surface area contributed by atoms with Gasteiger partial charge in [-0.1, -0.05) is 32.9 Å². The number of nitrogens with one attached hydrogen (secondary N) is 2. The van der Waals surface area contributed by atoms with Crippen molar-refractivity contribution in [1.29, 1.82) is 0 Å². The number of carbonyl (C=O) groups is 2. The van der Waals surface area contributed by atoms with Crippen molar-refractivity contribution in [3.05, 3.63) is 35.4 Å². The van der Waals surface area contributed by atoms with Crippen LogP contribution in [0.15, 0.2) is 24.3 Å². The van der Waals surface area contributed by atoms with E-state index in [9.17, 15) is 9.59 Å². The Balaban J connectivity index is 2.60. The maximum atomic E-state index is 11.7. The van der Waals surface area contributed by atoms with Gasteiger partial charge in [-0.05, 0) is 17.7 Å². The summed E-state index contributed by atoms with van der Waals surface area (Å²) in [5.41, 5.74) is 1.20. The lowest BCUT2D eigenvalue weighted by Gasteiger charge is -2.17. The lowest BCUT2D eigenvalue weighted by Crippen LogP contribution is -2.34. The molecular weight excluding hydrogens is 228 g/mol. The topological polar surface area (TPSA) is 58.2 Å². The van der Waals surface area contributed by atoms with Crippen molar-refractivity contribution >= 4 is 11.8 Å². The molecule has 2 amide bonds. The van der Waals surface area contributed by atoms with Gasteiger partial charge in [0.1, 0.15) is 0 Å². The van der Waals surface area contributed by atoms with Gasteiger partial charge >= 0.3 is 0 Å². The molecule has 0 radical (unpaired) electrons. The summed E-state index contributed by atoms with van der Waals surface area (Å²) in [4.78, 5) is 23.0. The fraction of sp³-hybridized carbons (Fsp3) is 0.429. The number of hydrogen-bond acceptors (Lipinski definition) is 2. The lowest BCUT2D eigenvalue weighted by atomic mass is 9.95. The first-order valence-electron chi connectivity index (χ1n) is 5.94. The normalized spacial score (nSPS) is 10.9. The van der Waals surface area contributed by atoms with Crippen LogP contribution in [0.25, 0.3) is 0 Å². The van der Waals surface area contributed by atoms with Crippen LogP contribution in [0.5, 0.6) is 0 Å². The minimum atomic E-state index is -0.387. The van der Waals surface area contributed by atoms with Crippen LogP contribution >= 0.6 is 0 Å². The molecule has 0 heterocycles.